The van der Waals surface area contributed by atoms with Crippen molar-refractivity contribution in [1.82, 2.24) is 4.90 Å². The molecule has 0 amide bonds. The Morgan fingerprint density at radius 1 is 1.14 bits per heavy atom. The third kappa shape index (κ3) is 3.43. The summed E-state index contributed by atoms with van der Waals surface area (Å²) in [7, 11) is 4.21. The first-order chi connectivity index (χ1) is 10.6. The molecule has 0 spiro atoms. The van der Waals surface area contributed by atoms with Crippen molar-refractivity contribution >= 4 is 23.4 Å². The van der Waals surface area contributed by atoms with E-state index in [4.69, 9.17) is 16.3 Å². The Kier molecular flexibility index (Phi) is 4.97. The van der Waals surface area contributed by atoms with E-state index in [0.717, 1.165) is 18.0 Å². The quantitative estimate of drug-likeness (QED) is 0.809. The van der Waals surface area contributed by atoms with Crippen molar-refractivity contribution < 1.29 is 4.74 Å². The zero-order valence-corrected chi connectivity index (χ0v) is 14.4. The Morgan fingerprint density at radius 2 is 1.86 bits per heavy atom. The van der Waals surface area contributed by atoms with Crippen LogP contribution in [0.2, 0.25) is 5.02 Å². The molecule has 2 nitrogen and oxygen atoms in total. The Labute approximate surface area is 141 Å². The molecule has 0 aliphatic carbocycles. The SMILES string of the molecule is CN(C)C[C@@H]1SCc2ccccc2[C@@H]1Oc1ccccc1Cl. The molecular weight excluding hydrogens is 314 g/mol. The second kappa shape index (κ2) is 6.95. The number of benzene rings is 2. The number of para-hydroxylation sites is 1. The van der Waals surface area contributed by atoms with Crippen molar-refractivity contribution in [2.75, 3.05) is 20.6 Å². The van der Waals surface area contributed by atoms with Gasteiger partial charge in [0.15, 0.2) is 0 Å². The molecule has 0 N–H and O–H groups in total. The van der Waals surface area contributed by atoms with E-state index < -0.39 is 0 Å². The molecular formula is C18H20ClNOS. The molecule has 116 valence electrons. The summed E-state index contributed by atoms with van der Waals surface area (Å²) < 4.78 is 6.35. The lowest BCUT2D eigenvalue weighted by Crippen LogP contribution is -2.34. The van der Waals surface area contributed by atoms with Crippen molar-refractivity contribution in [2.45, 2.75) is 17.1 Å². The standard InChI is InChI=1S/C18H20ClNOS/c1-20(2)11-17-18(21-16-10-6-5-9-15(16)19)14-8-4-3-7-13(14)12-22-17/h3-10,17-18H,11-12H2,1-2H3/t17-,18-/m0/s1. The third-order valence-corrected chi connectivity index (χ3v) is 5.40. The summed E-state index contributed by atoms with van der Waals surface area (Å²) in [6, 6.07) is 16.3. The summed E-state index contributed by atoms with van der Waals surface area (Å²) in [5.74, 6) is 1.80. The summed E-state index contributed by atoms with van der Waals surface area (Å²) in [6.07, 6.45) is 0.0252. The van der Waals surface area contributed by atoms with Crippen molar-refractivity contribution in [1.29, 1.82) is 0 Å². The highest BCUT2D eigenvalue weighted by atomic mass is 35.5. The molecule has 0 fully saturated rings. The van der Waals surface area contributed by atoms with Crippen LogP contribution in [0.3, 0.4) is 0 Å². The van der Waals surface area contributed by atoms with Gasteiger partial charge in [0.05, 0.1) is 10.3 Å². The molecule has 0 radical (unpaired) electrons. The highest BCUT2D eigenvalue weighted by molar-refractivity contribution is 7.99. The molecule has 1 aliphatic heterocycles. The van der Waals surface area contributed by atoms with Crippen LogP contribution in [0, 0.1) is 0 Å². The second-order valence-corrected chi connectivity index (χ2v) is 7.41. The summed E-state index contributed by atoms with van der Waals surface area (Å²) in [5.41, 5.74) is 2.65. The molecule has 1 heterocycles. The van der Waals surface area contributed by atoms with E-state index in [0.29, 0.717) is 10.3 Å². The first kappa shape index (κ1) is 15.7. The van der Waals surface area contributed by atoms with E-state index in [1.807, 2.05) is 36.0 Å². The highest BCUT2D eigenvalue weighted by Crippen LogP contribution is 2.41. The monoisotopic (exact) mass is 333 g/mol. The van der Waals surface area contributed by atoms with E-state index in [2.05, 4.69) is 43.3 Å². The lowest BCUT2D eigenvalue weighted by atomic mass is 9.99. The van der Waals surface area contributed by atoms with Crippen molar-refractivity contribution in [3.8, 4) is 5.75 Å². The molecule has 1 aliphatic rings. The van der Waals surface area contributed by atoms with Crippen molar-refractivity contribution in [3.05, 3.63) is 64.7 Å². The van der Waals surface area contributed by atoms with Crippen LogP contribution in [0.25, 0.3) is 0 Å². The van der Waals surface area contributed by atoms with E-state index in [-0.39, 0.29) is 6.10 Å². The number of thioether (sulfide) groups is 1. The van der Waals surface area contributed by atoms with E-state index in [1.165, 1.54) is 11.1 Å². The minimum Gasteiger partial charge on any atom is -0.483 e. The van der Waals surface area contributed by atoms with E-state index in [1.54, 1.807) is 0 Å². The number of rotatable bonds is 4. The van der Waals surface area contributed by atoms with Crippen LogP contribution < -0.4 is 4.74 Å². The molecule has 2 atom stereocenters. The summed E-state index contributed by atoms with van der Waals surface area (Å²) in [5, 5.41) is 1.06. The Bertz CT molecular complexity index is 646. The van der Waals surface area contributed by atoms with Gasteiger partial charge in [-0.1, -0.05) is 48.0 Å². The van der Waals surface area contributed by atoms with Crippen LogP contribution in [-0.4, -0.2) is 30.8 Å². The Hall–Kier alpha value is -1.16. The fourth-order valence-corrected chi connectivity index (χ4v) is 4.37. The van der Waals surface area contributed by atoms with Gasteiger partial charge < -0.3 is 9.64 Å². The number of ether oxygens (including phenoxy) is 1. The summed E-state index contributed by atoms with van der Waals surface area (Å²) in [6.45, 7) is 0.980. The third-order valence-electron chi connectivity index (χ3n) is 3.79. The molecule has 0 saturated carbocycles. The average Bonchev–Trinajstić information content (AvgIpc) is 2.51. The van der Waals surface area contributed by atoms with Gasteiger partial charge in [0.1, 0.15) is 11.9 Å². The number of hydrogen-bond donors (Lipinski definition) is 0. The van der Waals surface area contributed by atoms with Gasteiger partial charge in [-0.05, 0) is 37.4 Å². The Morgan fingerprint density at radius 3 is 2.64 bits per heavy atom. The maximum Gasteiger partial charge on any atom is 0.138 e. The number of hydrogen-bond acceptors (Lipinski definition) is 3. The van der Waals surface area contributed by atoms with Gasteiger partial charge in [-0.2, -0.15) is 0 Å². The van der Waals surface area contributed by atoms with Gasteiger partial charge in [-0.25, -0.2) is 0 Å². The van der Waals surface area contributed by atoms with Crippen LogP contribution in [-0.2, 0) is 5.75 Å². The van der Waals surface area contributed by atoms with Gasteiger partial charge in [-0.15, -0.1) is 11.8 Å². The highest BCUT2D eigenvalue weighted by Gasteiger charge is 2.32. The molecule has 22 heavy (non-hydrogen) atoms. The molecule has 0 saturated heterocycles. The summed E-state index contributed by atoms with van der Waals surface area (Å²) >= 11 is 8.24. The smallest absolute Gasteiger partial charge is 0.138 e. The first-order valence-corrected chi connectivity index (χ1v) is 8.83. The van der Waals surface area contributed by atoms with Gasteiger partial charge in [0.25, 0.3) is 0 Å². The van der Waals surface area contributed by atoms with Crippen LogP contribution in [0.5, 0.6) is 5.75 Å². The second-order valence-electron chi connectivity index (χ2n) is 5.78. The maximum atomic E-state index is 6.35. The summed E-state index contributed by atoms with van der Waals surface area (Å²) in [4.78, 5) is 2.22. The zero-order valence-electron chi connectivity index (χ0n) is 12.8. The minimum absolute atomic E-state index is 0.0252. The van der Waals surface area contributed by atoms with Crippen LogP contribution >= 0.6 is 23.4 Å². The molecule has 4 heteroatoms. The fraction of sp³-hybridized carbons (Fsp3) is 0.333. The molecule has 0 bridgehead atoms. The molecule has 2 aromatic rings. The first-order valence-electron chi connectivity index (χ1n) is 7.40. The molecule has 3 rings (SSSR count). The normalized spacial score (nSPS) is 20.7. The number of fused-ring (bicyclic) bond motifs is 1. The number of nitrogens with zero attached hydrogens (tertiary/aromatic N) is 1. The maximum absolute atomic E-state index is 6.35. The molecule has 0 unspecified atom stereocenters. The van der Waals surface area contributed by atoms with Gasteiger partial charge in [-0.3, -0.25) is 0 Å². The zero-order chi connectivity index (χ0) is 15.5. The predicted molar refractivity (Wildman–Crippen MR) is 94.9 cm³/mol. The van der Waals surface area contributed by atoms with Crippen molar-refractivity contribution in [3.63, 3.8) is 0 Å². The van der Waals surface area contributed by atoms with Gasteiger partial charge in [0.2, 0.25) is 0 Å². The topological polar surface area (TPSA) is 12.5 Å². The van der Waals surface area contributed by atoms with E-state index >= 15 is 0 Å². The van der Waals surface area contributed by atoms with E-state index in [9.17, 15) is 0 Å². The number of halogens is 1. The van der Waals surface area contributed by atoms with Gasteiger partial charge in [0, 0.05) is 12.3 Å². The van der Waals surface area contributed by atoms with Crippen LogP contribution in [0.15, 0.2) is 48.5 Å². The largest absolute Gasteiger partial charge is 0.483 e. The average molecular weight is 334 g/mol. The van der Waals surface area contributed by atoms with Crippen LogP contribution in [0.1, 0.15) is 17.2 Å². The molecule has 0 aromatic heterocycles. The predicted octanol–water partition coefficient (Wildman–Crippen LogP) is 4.64. The van der Waals surface area contributed by atoms with Gasteiger partial charge >= 0.3 is 0 Å². The minimum atomic E-state index is 0.0252. The lowest BCUT2D eigenvalue weighted by molar-refractivity contribution is 0.184. The van der Waals surface area contributed by atoms with Crippen molar-refractivity contribution in [2.24, 2.45) is 0 Å². The lowest BCUT2D eigenvalue weighted by Gasteiger charge is -2.35. The van der Waals surface area contributed by atoms with Crippen LogP contribution in [0.4, 0.5) is 0 Å². The molecule has 2 aromatic carbocycles. The Balaban J connectivity index is 1.93. The fourth-order valence-electron chi connectivity index (χ4n) is 2.75.